The molecule has 0 saturated carbocycles. The summed E-state index contributed by atoms with van der Waals surface area (Å²) in [4.78, 5) is 0. The molecule has 2 aromatic carbocycles. The fourth-order valence-corrected chi connectivity index (χ4v) is 1.78. The minimum Gasteiger partial charge on any atom is -0.324 e. The largest absolute Gasteiger partial charge is 0.324 e. The summed E-state index contributed by atoms with van der Waals surface area (Å²) in [5.41, 5.74) is 7.08. The molecule has 0 fully saturated rings. The second-order valence-corrected chi connectivity index (χ2v) is 4.14. The van der Waals surface area contributed by atoms with E-state index in [0.29, 0.717) is 12.0 Å². The lowest BCUT2D eigenvalue weighted by Crippen LogP contribution is -2.14. The number of halogens is 3. The van der Waals surface area contributed by atoms with Crippen LogP contribution < -0.4 is 5.73 Å². The SMILES string of the molecule is NC(Cc1ccc(F)cc1)c1cc(F)cc(F)c1. The van der Waals surface area contributed by atoms with E-state index in [9.17, 15) is 13.2 Å². The molecule has 2 aromatic rings. The van der Waals surface area contributed by atoms with Crippen molar-refractivity contribution in [1.82, 2.24) is 0 Å². The van der Waals surface area contributed by atoms with Crippen LogP contribution >= 0.6 is 0 Å². The monoisotopic (exact) mass is 251 g/mol. The minimum absolute atomic E-state index is 0.330. The van der Waals surface area contributed by atoms with E-state index in [2.05, 4.69) is 0 Å². The van der Waals surface area contributed by atoms with Gasteiger partial charge in [0.2, 0.25) is 0 Å². The van der Waals surface area contributed by atoms with Crippen LogP contribution in [0, 0.1) is 17.5 Å². The first-order valence-corrected chi connectivity index (χ1v) is 5.50. The van der Waals surface area contributed by atoms with Gasteiger partial charge in [0.05, 0.1) is 0 Å². The summed E-state index contributed by atoms with van der Waals surface area (Å²) in [6.45, 7) is 0. The maximum absolute atomic E-state index is 13.0. The Balaban J connectivity index is 2.16. The molecule has 0 aliphatic heterocycles. The summed E-state index contributed by atoms with van der Waals surface area (Å²) >= 11 is 0. The molecule has 0 aliphatic rings. The van der Waals surface area contributed by atoms with Crippen LogP contribution in [0.2, 0.25) is 0 Å². The molecule has 0 spiro atoms. The highest BCUT2D eigenvalue weighted by Gasteiger charge is 2.10. The molecule has 1 atom stereocenters. The van der Waals surface area contributed by atoms with Gasteiger partial charge in [-0.3, -0.25) is 0 Å². The first-order chi connectivity index (χ1) is 8.54. The van der Waals surface area contributed by atoms with Crippen LogP contribution in [-0.2, 0) is 6.42 Å². The number of nitrogens with two attached hydrogens (primary N) is 1. The van der Waals surface area contributed by atoms with Gasteiger partial charge in [-0.25, -0.2) is 13.2 Å². The summed E-state index contributed by atoms with van der Waals surface area (Å²) in [6, 6.07) is 8.54. The number of benzene rings is 2. The van der Waals surface area contributed by atoms with E-state index < -0.39 is 17.7 Å². The Labute approximate surface area is 103 Å². The standard InChI is InChI=1S/C14H12F3N/c15-11-3-1-9(2-4-11)5-14(18)10-6-12(16)8-13(17)7-10/h1-4,6-8,14H,5,18H2. The van der Waals surface area contributed by atoms with Gasteiger partial charge in [0.15, 0.2) is 0 Å². The Morgan fingerprint density at radius 2 is 1.39 bits per heavy atom. The van der Waals surface area contributed by atoms with Crippen molar-refractivity contribution in [2.45, 2.75) is 12.5 Å². The van der Waals surface area contributed by atoms with E-state index in [0.717, 1.165) is 11.6 Å². The Morgan fingerprint density at radius 1 is 0.833 bits per heavy atom. The van der Waals surface area contributed by atoms with Crippen molar-refractivity contribution in [3.8, 4) is 0 Å². The first-order valence-electron chi connectivity index (χ1n) is 5.50. The molecule has 0 heterocycles. The zero-order chi connectivity index (χ0) is 13.1. The van der Waals surface area contributed by atoms with Crippen molar-refractivity contribution in [2.24, 2.45) is 5.73 Å². The molecule has 94 valence electrons. The third kappa shape index (κ3) is 3.11. The van der Waals surface area contributed by atoms with E-state index >= 15 is 0 Å². The van der Waals surface area contributed by atoms with Crippen molar-refractivity contribution in [3.05, 3.63) is 71.0 Å². The van der Waals surface area contributed by atoms with E-state index in [4.69, 9.17) is 5.73 Å². The van der Waals surface area contributed by atoms with Gasteiger partial charge in [-0.1, -0.05) is 12.1 Å². The number of hydrogen-bond donors (Lipinski definition) is 1. The lowest BCUT2D eigenvalue weighted by molar-refractivity contribution is 0.572. The third-order valence-electron chi connectivity index (χ3n) is 2.68. The Bertz CT molecular complexity index is 517. The summed E-state index contributed by atoms with van der Waals surface area (Å²) in [5.74, 6) is -1.64. The predicted molar refractivity (Wildman–Crippen MR) is 63.4 cm³/mol. The molecule has 4 heteroatoms. The maximum atomic E-state index is 13.0. The predicted octanol–water partition coefficient (Wildman–Crippen LogP) is 3.35. The molecule has 2 N–H and O–H groups in total. The number of hydrogen-bond acceptors (Lipinski definition) is 1. The summed E-state index contributed by atoms with van der Waals surface area (Å²) in [7, 11) is 0. The van der Waals surface area contributed by atoms with Crippen LogP contribution in [0.5, 0.6) is 0 Å². The molecule has 1 nitrogen and oxygen atoms in total. The first kappa shape index (κ1) is 12.6. The summed E-state index contributed by atoms with van der Waals surface area (Å²) in [6.07, 6.45) is 0.392. The highest BCUT2D eigenvalue weighted by atomic mass is 19.1. The summed E-state index contributed by atoms with van der Waals surface area (Å²) in [5, 5.41) is 0. The van der Waals surface area contributed by atoms with Gasteiger partial charge in [-0.2, -0.15) is 0 Å². The highest BCUT2D eigenvalue weighted by Crippen LogP contribution is 2.18. The number of rotatable bonds is 3. The minimum atomic E-state index is -0.653. The lowest BCUT2D eigenvalue weighted by Gasteiger charge is -2.12. The molecule has 0 bridgehead atoms. The van der Waals surface area contributed by atoms with Gasteiger partial charge in [-0.15, -0.1) is 0 Å². The van der Waals surface area contributed by atoms with Crippen LogP contribution in [0.3, 0.4) is 0 Å². The average Bonchev–Trinajstić information content (AvgIpc) is 2.31. The van der Waals surface area contributed by atoms with Crippen molar-refractivity contribution in [3.63, 3.8) is 0 Å². The van der Waals surface area contributed by atoms with Crippen molar-refractivity contribution >= 4 is 0 Å². The Morgan fingerprint density at radius 3 is 1.94 bits per heavy atom. The van der Waals surface area contributed by atoms with Crippen LogP contribution in [0.25, 0.3) is 0 Å². The average molecular weight is 251 g/mol. The molecule has 2 rings (SSSR count). The van der Waals surface area contributed by atoms with Crippen molar-refractivity contribution in [1.29, 1.82) is 0 Å². The smallest absolute Gasteiger partial charge is 0.126 e. The van der Waals surface area contributed by atoms with E-state index in [1.165, 1.54) is 24.3 Å². The fourth-order valence-electron chi connectivity index (χ4n) is 1.78. The van der Waals surface area contributed by atoms with Gasteiger partial charge < -0.3 is 5.73 Å². The third-order valence-corrected chi connectivity index (χ3v) is 2.68. The van der Waals surface area contributed by atoms with Crippen molar-refractivity contribution in [2.75, 3.05) is 0 Å². The highest BCUT2D eigenvalue weighted by molar-refractivity contribution is 5.25. The summed E-state index contributed by atoms with van der Waals surface area (Å²) < 4.78 is 38.8. The Kier molecular flexibility index (Phi) is 3.67. The maximum Gasteiger partial charge on any atom is 0.126 e. The molecule has 0 radical (unpaired) electrons. The zero-order valence-electron chi connectivity index (χ0n) is 9.54. The molecular weight excluding hydrogens is 239 g/mol. The van der Waals surface area contributed by atoms with Crippen LogP contribution in [0.4, 0.5) is 13.2 Å². The van der Waals surface area contributed by atoms with E-state index in [1.54, 1.807) is 12.1 Å². The van der Waals surface area contributed by atoms with Crippen LogP contribution in [0.15, 0.2) is 42.5 Å². The van der Waals surface area contributed by atoms with Gasteiger partial charge in [0.1, 0.15) is 17.5 Å². The molecule has 0 amide bonds. The topological polar surface area (TPSA) is 26.0 Å². The molecule has 18 heavy (non-hydrogen) atoms. The molecule has 0 saturated heterocycles. The van der Waals surface area contributed by atoms with Gasteiger partial charge in [-0.05, 0) is 41.8 Å². The second kappa shape index (κ2) is 5.23. The Hall–Kier alpha value is -1.81. The van der Waals surface area contributed by atoms with E-state index in [-0.39, 0.29) is 5.82 Å². The van der Waals surface area contributed by atoms with Crippen molar-refractivity contribution < 1.29 is 13.2 Å². The van der Waals surface area contributed by atoms with Gasteiger partial charge in [0.25, 0.3) is 0 Å². The van der Waals surface area contributed by atoms with Gasteiger partial charge in [0, 0.05) is 12.1 Å². The quantitative estimate of drug-likeness (QED) is 0.889. The van der Waals surface area contributed by atoms with Crippen LogP contribution in [0.1, 0.15) is 17.2 Å². The molecule has 1 unspecified atom stereocenters. The normalized spacial score (nSPS) is 12.4. The fraction of sp³-hybridized carbons (Fsp3) is 0.143. The van der Waals surface area contributed by atoms with E-state index in [1.807, 2.05) is 0 Å². The molecular formula is C14H12F3N. The van der Waals surface area contributed by atoms with Gasteiger partial charge >= 0.3 is 0 Å². The van der Waals surface area contributed by atoms with Crippen LogP contribution in [-0.4, -0.2) is 0 Å². The lowest BCUT2D eigenvalue weighted by atomic mass is 9.99. The molecule has 0 aliphatic carbocycles. The second-order valence-electron chi connectivity index (χ2n) is 4.14. The zero-order valence-corrected chi connectivity index (χ0v) is 9.54. The molecule has 0 aromatic heterocycles.